The third-order valence-electron chi connectivity index (χ3n) is 7.48. The van der Waals surface area contributed by atoms with Gasteiger partial charge in [0.1, 0.15) is 13.2 Å². The fraction of sp³-hybridized carbons (Fsp3) is 0.560. The fourth-order valence-electron chi connectivity index (χ4n) is 4.70. The van der Waals surface area contributed by atoms with Crippen LogP contribution in [-0.4, -0.2) is 35.2 Å². The third-order valence-corrected chi connectivity index (χ3v) is 18.6. The van der Waals surface area contributed by atoms with E-state index in [0.29, 0.717) is 9.21 Å². The Kier molecular flexibility index (Phi) is 7.37. The van der Waals surface area contributed by atoms with Crippen LogP contribution in [-0.2, 0) is 45.7 Å². The Bertz CT molecular complexity index is 1330. The summed E-state index contributed by atoms with van der Waals surface area (Å²) >= 11 is 1.21. The van der Waals surface area contributed by atoms with Gasteiger partial charge in [-0.1, -0.05) is 39.9 Å². The number of nitrogens with zero attached hydrogens (tertiary/aromatic N) is 1. The number of urea groups is 1. The van der Waals surface area contributed by atoms with Crippen molar-refractivity contribution >= 4 is 56.3 Å². The highest BCUT2D eigenvalue weighted by Gasteiger charge is 2.40. The lowest BCUT2D eigenvalue weighted by atomic mass is 9.99. The Labute approximate surface area is 222 Å². The van der Waals surface area contributed by atoms with Crippen molar-refractivity contribution in [3.05, 3.63) is 40.5 Å². The summed E-state index contributed by atoms with van der Waals surface area (Å²) in [7, 11) is -8.20. The minimum atomic E-state index is -3.55. The predicted molar refractivity (Wildman–Crippen MR) is 157 cm³/mol. The molecule has 200 valence electrons. The summed E-state index contributed by atoms with van der Waals surface area (Å²) in [6.45, 7) is 10.6. The molecule has 2 aliphatic carbocycles. The molecule has 1 aromatic carbocycles. The Morgan fingerprint density at radius 1 is 1.06 bits per heavy atom. The maximum Gasteiger partial charge on any atom is 0.330 e. The second kappa shape index (κ2) is 9.65. The van der Waals surface area contributed by atoms with Gasteiger partial charge in [-0.3, -0.25) is 9.11 Å². The molecule has 3 N–H and O–H groups in total. The smallest absolute Gasteiger partial charge is 0.307 e. The summed E-state index contributed by atoms with van der Waals surface area (Å²) in [5, 5.41) is 3.56. The molecule has 0 fully saturated rings. The molecule has 0 radical (unpaired) electrons. The zero-order valence-corrected chi connectivity index (χ0v) is 25.9. The average Bonchev–Trinajstić information content (AvgIpc) is 3.45. The van der Waals surface area contributed by atoms with Gasteiger partial charge in [0, 0.05) is 38.2 Å². The molecule has 2 aliphatic rings. The molecule has 0 saturated heterocycles. The van der Waals surface area contributed by atoms with Gasteiger partial charge in [0.2, 0.25) is 0 Å². The Hall–Kier alpha value is -1.53. The number of carbonyl (C=O) groups is 1. The number of hydrogen-bond donors (Lipinski definition) is 4. The van der Waals surface area contributed by atoms with Gasteiger partial charge in [-0.25, -0.2) is 13.2 Å². The van der Waals surface area contributed by atoms with Crippen LogP contribution in [0.1, 0.15) is 55.9 Å². The molecule has 1 aromatic heterocycles. The lowest BCUT2D eigenvalue weighted by Gasteiger charge is -2.42. The molecule has 0 bridgehead atoms. The maximum absolute atomic E-state index is 14.6. The van der Waals surface area contributed by atoms with Crippen molar-refractivity contribution in [1.82, 2.24) is 9.11 Å². The van der Waals surface area contributed by atoms with Crippen molar-refractivity contribution in [3.8, 4) is 0 Å². The van der Waals surface area contributed by atoms with Crippen LogP contribution in [0.2, 0.25) is 18.1 Å². The van der Waals surface area contributed by atoms with Crippen LogP contribution in [0.4, 0.5) is 15.5 Å². The molecule has 0 spiro atoms. The molecule has 1 heterocycles. The Morgan fingerprint density at radius 3 is 2.17 bits per heavy atom. The van der Waals surface area contributed by atoms with Crippen LogP contribution in [0.5, 0.6) is 0 Å². The highest BCUT2D eigenvalue weighted by molar-refractivity contribution is 8.03. The normalized spacial score (nSPS) is 16.4. The van der Waals surface area contributed by atoms with Gasteiger partial charge in [-0.2, -0.15) is 4.36 Å². The van der Waals surface area contributed by atoms with Crippen LogP contribution >= 0.6 is 11.3 Å². The number of amides is 2. The van der Waals surface area contributed by atoms with Gasteiger partial charge < -0.3 is 5.32 Å². The van der Waals surface area contributed by atoms with Gasteiger partial charge >= 0.3 is 6.03 Å². The molecular formula is C25H40N4O3S3Si. The highest BCUT2D eigenvalue weighted by atomic mass is 32.3. The number of anilines is 1. The molecule has 0 saturated carbocycles. The molecule has 36 heavy (non-hydrogen) atoms. The SMILES string of the molecule is CC(C)(C)[Si](C)(C)N[SH](=O)(NC(=O)Nc1c2c(cc3c1CCC3)CCC2)c1ccc(N=S(C)(C)=O)s1. The van der Waals surface area contributed by atoms with Gasteiger partial charge in [-0.15, -0.1) is 11.3 Å². The number of thiol groups is 1. The number of rotatable bonds is 6. The zero-order chi connectivity index (χ0) is 26.5. The first-order valence-corrected chi connectivity index (χ1v) is 20.4. The standard InChI is InChI=1S/C25H40N4O3S3Si/c1-25(2,3)36(6,7)29-35(32,22-15-14-21(33-22)27-34(4,5)31)28-24(30)26-23-19-12-8-10-17(19)16-18-11-9-13-20(18)23/h14-16,35H,8-13H2,1-7H3,(H3,26,28,29,30,32). The number of benzene rings is 1. The van der Waals surface area contributed by atoms with Gasteiger partial charge in [0.15, 0.2) is 0 Å². The van der Waals surface area contributed by atoms with Gasteiger partial charge in [0.05, 0.1) is 4.21 Å². The van der Waals surface area contributed by atoms with E-state index in [4.69, 9.17) is 0 Å². The predicted octanol–water partition coefficient (Wildman–Crippen LogP) is 5.71. The van der Waals surface area contributed by atoms with Crippen molar-refractivity contribution in [2.45, 2.75) is 81.6 Å². The minimum Gasteiger partial charge on any atom is -0.307 e. The van der Waals surface area contributed by atoms with Crippen LogP contribution in [0.15, 0.2) is 26.8 Å². The van der Waals surface area contributed by atoms with Crippen LogP contribution in [0.25, 0.3) is 0 Å². The Balaban J connectivity index is 1.68. The van der Waals surface area contributed by atoms with E-state index in [-0.39, 0.29) is 5.04 Å². The molecule has 0 aliphatic heterocycles. The van der Waals surface area contributed by atoms with Crippen LogP contribution in [0, 0.1) is 0 Å². The molecule has 2 aromatic rings. The van der Waals surface area contributed by atoms with Crippen molar-refractivity contribution in [3.63, 3.8) is 0 Å². The molecular weight excluding hydrogens is 529 g/mol. The van der Waals surface area contributed by atoms with E-state index < -0.39 is 34.3 Å². The maximum atomic E-state index is 14.6. The number of hydrogen-bond acceptors (Lipinski definition) is 5. The lowest BCUT2D eigenvalue weighted by Crippen LogP contribution is -2.61. The molecule has 11 heteroatoms. The lowest BCUT2D eigenvalue weighted by molar-refractivity contribution is 0.256. The quantitative estimate of drug-likeness (QED) is 0.265. The van der Waals surface area contributed by atoms with Crippen molar-refractivity contribution < 1.29 is 13.2 Å². The first kappa shape index (κ1) is 27.5. The number of thiophene rings is 1. The molecule has 2 amide bonds. The topological polar surface area (TPSA) is 99.7 Å². The summed E-state index contributed by atoms with van der Waals surface area (Å²) in [5.74, 6) is 0. The summed E-state index contributed by atoms with van der Waals surface area (Å²) < 4.78 is 37.9. The summed E-state index contributed by atoms with van der Waals surface area (Å²) in [5.41, 5.74) is 6.06. The van der Waals surface area contributed by atoms with Crippen molar-refractivity contribution in [2.24, 2.45) is 4.36 Å². The molecule has 4 rings (SSSR count). The number of fused-ring (bicyclic) bond motifs is 2. The van der Waals surface area contributed by atoms with Gasteiger partial charge in [0.25, 0.3) is 0 Å². The molecule has 0 atom stereocenters. The van der Waals surface area contributed by atoms with Crippen molar-refractivity contribution in [2.75, 3.05) is 17.8 Å². The number of carbonyl (C=O) groups excluding carboxylic acids is 1. The average molecular weight is 569 g/mol. The second-order valence-electron chi connectivity index (χ2n) is 11.8. The van der Waals surface area contributed by atoms with E-state index in [1.165, 1.54) is 33.6 Å². The first-order chi connectivity index (χ1) is 16.6. The van der Waals surface area contributed by atoms with E-state index >= 15 is 0 Å². The molecule has 7 nitrogen and oxygen atoms in total. The van der Waals surface area contributed by atoms with Crippen molar-refractivity contribution in [1.29, 1.82) is 0 Å². The fourth-order valence-corrected chi connectivity index (χ4v) is 13.6. The monoisotopic (exact) mass is 568 g/mol. The van der Waals surface area contributed by atoms with E-state index in [1.807, 2.05) is 0 Å². The van der Waals surface area contributed by atoms with Gasteiger partial charge in [-0.05, 0) is 77.9 Å². The van der Waals surface area contributed by atoms with E-state index in [2.05, 4.69) is 58.7 Å². The van der Waals surface area contributed by atoms with Crippen LogP contribution < -0.4 is 14.4 Å². The second-order valence-corrected chi connectivity index (χ2v) is 23.3. The minimum absolute atomic E-state index is 0.104. The first-order valence-electron chi connectivity index (χ1n) is 12.5. The van der Waals surface area contributed by atoms with Crippen LogP contribution in [0.3, 0.4) is 0 Å². The summed E-state index contributed by atoms with van der Waals surface area (Å²) in [6, 6.07) is 5.32. The summed E-state index contributed by atoms with van der Waals surface area (Å²) in [4.78, 5) is 13.5. The Morgan fingerprint density at radius 2 is 1.64 bits per heavy atom. The third kappa shape index (κ3) is 5.80. The zero-order valence-electron chi connectivity index (χ0n) is 22.4. The molecule has 0 unspecified atom stereocenters. The largest absolute Gasteiger partial charge is 0.330 e. The number of aryl methyl sites for hydroxylation is 2. The van der Waals surface area contributed by atoms with E-state index in [1.54, 1.807) is 24.6 Å². The van der Waals surface area contributed by atoms with E-state index in [0.717, 1.165) is 44.2 Å². The highest BCUT2D eigenvalue weighted by Crippen LogP contribution is 2.40. The summed E-state index contributed by atoms with van der Waals surface area (Å²) in [6.07, 6.45) is 9.35. The number of nitrogens with one attached hydrogen (secondary N) is 3. The van der Waals surface area contributed by atoms with E-state index in [9.17, 15) is 13.2 Å².